The van der Waals surface area contributed by atoms with Crippen LogP contribution in [0.15, 0.2) is 37.2 Å². The average molecular weight is 374 g/mol. The Hall–Kier alpha value is -2.88. The van der Waals surface area contributed by atoms with E-state index < -0.39 is 0 Å². The van der Waals surface area contributed by atoms with E-state index in [-0.39, 0.29) is 6.54 Å². The fourth-order valence-electron chi connectivity index (χ4n) is 3.64. The Morgan fingerprint density at radius 2 is 1.64 bits per heavy atom. The lowest BCUT2D eigenvalue weighted by molar-refractivity contribution is 0.562. The molecule has 28 heavy (non-hydrogen) atoms. The summed E-state index contributed by atoms with van der Waals surface area (Å²) in [6.45, 7) is 1.32. The maximum Gasteiger partial charge on any atom is 0.128 e. The number of rotatable bonds is 9. The van der Waals surface area contributed by atoms with Crippen LogP contribution in [0, 0.1) is 23.2 Å². The topological polar surface area (TPSA) is 77.2 Å². The quantitative estimate of drug-likeness (QED) is 0.577. The highest BCUT2D eigenvalue weighted by atomic mass is 15.3. The van der Waals surface area contributed by atoms with Crippen molar-refractivity contribution in [2.45, 2.75) is 57.7 Å². The van der Waals surface area contributed by atoms with Crippen LogP contribution in [-0.4, -0.2) is 29.3 Å². The third-order valence-corrected chi connectivity index (χ3v) is 5.51. The minimum Gasteiger partial charge on any atom is -0.272 e. The van der Waals surface area contributed by atoms with Crippen molar-refractivity contribution in [1.82, 2.24) is 29.3 Å². The van der Waals surface area contributed by atoms with E-state index in [1.165, 1.54) is 42.7 Å². The standard InChI is InChI=1S/C21H24N7/c22-5-6-26-13-17(9-23-26)7-19(20-11-25-28(15-20)21-3-4-21)8-18-10-24-27(14-18)12-16-1-2-16/h9-11,13-16,21H,1-4,6-8,12H2. The summed E-state index contributed by atoms with van der Waals surface area (Å²) in [7, 11) is 0. The van der Waals surface area contributed by atoms with E-state index in [0.717, 1.165) is 30.9 Å². The van der Waals surface area contributed by atoms with E-state index in [1.807, 2.05) is 24.8 Å². The first-order valence-corrected chi connectivity index (χ1v) is 10.1. The van der Waals surface area contributed by atoms with Gasteiger partial charge in [0.25, 0.3) is 0 Å². The first-order chi connectivity index (χ1) is 13.8. The molecule has 0 spiro atoms. The molecule has 0 amide bonds. The van der Waals surface area contributed by atoms with Gasteiger partial charge in [-0.15, -0.1) is 0 Å². The van der Waals surface area contributed by atoms with E-state index in [1.54, 1.807) is 4.68 Å². The van der Waals surface area contributed by atoms with E-state index in [9.17, 15) is 0 Å². The first kappa shape index (κ1) is 17.2. The molecule has 3 aromatic heterocycles. The molecule has 0 unspecified atom stereocenters. The molecule has 2 aliphatic carbocycles. The van der Waals surface area contributed by atoms with Gasteiger partial charge in [-0.2, -0.15) is 20.6 Å². The van der Waals surface area contributed by atoms with E-state index >= 15 is 0 Å². The molecule has 0 atom stereocenters. The van der Waals surface area contributed by atoms with Gasteiger partial charge in [0.2, 0.25) is 0 Å². The van der Waals surface area contributed by atoms with Crippen LogP contribution in [0.3, 0.4) is 0 Å². The summed E-state index contributed by atoms with van der Waals surface area (Å²) >= 11 is 0. The zero-order chi connectivity index (χ0) is 18.9. The summed E-state index contributed by atoms with van der Waals surface area (Å²) < 4.78 is 5.88. The maximum atomic E-state index is 8.88. The molecule has 3 heterocycles. The molecule has 2 saturated carbocycles. The normalized spacial score (nSPS) is 16.6. The SMILES string of the molecule is N#CCn1cc(C[C](Cc2cnn(CC3CC3)c2)c2cnn(C3CC3)c2)cn1. The van der Waals surface area contributed by atoms with Crippen molar-refractivity contribution in [1.29, 1.82) is 5.26 Å². The van der Waals surface area contributed by atoms with Crippen molar-refractivity contribution in [3.8, 4) is 6.07 Å². The van der Waals surface area contributed by atoms with E-state index in [2.05, 4.69) is 43.1 Å². The molecule has 0 aliphatic heterocycles. The smallest absolute Gasteiger partial charge is 0.128 e. The monoisotopic (exact) mass is 374 g/mol. The van der Waals surface area contributed by atoms with Crippen LogP contribution >= 0.6 is 0 Å². The first-order valence-electron chi connectivity index (χ1n) is 10.1. The summed E-state index contributed by atoms with van der Waals surface area (Å²) in [6, 6.07) is 2.72. The van der Waals surface area contributed by atoms with Gasteiger partial charge in [-0.05, 0) is 61.1 Å². The van der Waals surface area contributed by atoms with Gasteiger partial charge in [-0.1, -0.05) is 0 Å². The lowest BCUT2D eigenvalue weighted by Gasteiger charge is -2.13. The number of nitrogens with zero attached hydrogens (tertiary/aromatic N) is 7. The molecule has 3 aromatic rings. The van der Waals surface area contributed by atoms with Gasteiger partial charge in [0.1, 0.15) is 6.54 Å². The highest BCUT2D eigenvalue weighted by molar-refractivity contribution is 5.34. The maximum absolute atomic E-state index is 8.88. The van der Waals surface area contributed by atoms with Crippen molar-refractivity contribution < 1.29 is 0 Å². The van der Waals surface area contributed by atoms with Crippen molar-refractivity contribution in [3.05, 3.63) is 59.8 Å². The number of hydrogen-bond acceptors (Lipinski definition) is 4. The van der Waals surface area contributed by atoms with Gasteiger partial charge >= 0.3 is 0 Å². The summed E-state index contributed by atoms with van der Waals surface area (Å²) in [6.07, 6.45) is 18.9. The molecule has 2 aliphatic rings. The fourth-order valence-corrected chi connectivity index (χ4v) is 3.64. The Bertz CT molecular complexity index is 980. The van der Waals surface area contributed by atoms with Crippen molar-refractivity contribution >= 4 is 0 Å². The molecule has 2 fully saturated rings. The lowest BCUT2D eigenvalue weighted by atomic mass is 9.90. The highest BCUT2D eigenvalue weighted by Crippen LogP contribution is 2.35. The second-order valence-electron chi connectivity index (χ2n) is 8.12. The van der Waals surface area contributed by atoms with Gasteiger partial charge in [0.05, 0.1) is 30.7 Å². The van der Waals surface area contributed by atoms with Crippen LogP contribution in [0.25, 0.3) is 0 Å². The Labute approximate surface area is 164 Å². The molecule has 7 heteroatoms. The van der Waals surface area contributed by atoms with E-state index in [0.29, 0.717) is 6.04 Å². The minimum absolute atomic E-state index is 0.281. The van der Waals surface area contributed by atoms with Crippen LogP contribution in [0.2, 0.25) is 0 Å². The Morgan fingerprint density at radius 3 is 2.32 bits per heavy atom. The molecule has 0 bridgehead atoms. The van der Waals surface area contributed by atoms with Gasteiger partial charge in [0.15, 0.2) is 0 Å². The van der Waals surface area contributed by atoms with Crippen molar-refractivity contribution in [2.75, 3.05) is 0 Å². The second-order valence-corrected chi connectivity index (χ2v) is 8.12. The fraction of sp³-hybridized carbons (Fsp3) is 0.476. The number of nitriles is 1. The molecule has 7 nitrogen and oxygen atoms in total. The molecule has 1 radical (unpaired) electrons. The minimum atomic E-state index is 0.281. The average Bonchev–Trinajstić information content (AvgIpc) is 3.55. The zero-order valence-corrected chi connectivity index (χ0v) is 15.9. The predicted octanol–water partition coefficient (Wildman–Crippen LogP) is 2.95. The van der Waals surface area contributed by atoms with Crippen LogP contribution in [0.1, 0.15) is 48.4 Å². The summed E-state index contributed by atoms with van der Waals surface area (Å²) in [5, 5.41) is 22.3. The molecule has 0 aromatic carbocycles. The van der Waals surface area contributed by atoms with Crippen LogP contribution in [0.4, 0.5) is 0 Å². The molecule has 0 N–H and O–H groups in total. The largest absolute Gasteiger partial charge is 0.272 e. The number of hydrogen-bond donors (Lipinski definition) is 0. The molecule has 5 rings (SSSR count). The van der Waals surface area contributed by atoms with Crippen molar-refractivity contribution in [3.63, 3.8) is 0 Å². The van der Waals surface area contributed by atoms with Gasteiger partial charge < -0.3 is 0 Å². The molecule has 143 valence electrons. The predicted molar refractivity (Wildman–Crippen MR) is 103 cm³/mol. The van der Waals surface area contributed by atoms with Crippen LogP contribution < -0.4 is 0 Å². The van der Waals surface area contributed by atoms with Gasteiger partial charge in [-0.25, -0.2) is 0 Å². The highest BCUT2D eigenvalue weighted by Gasteiger charge is 2.26. The Morgan fingerprint density at radius 1 is 0.929 bits per heavy atom. The van der Waals surface area contributed by atoms with Gasteiger partial charge in [-0.3, -0.25) is 14.0 Å². The third-order valence-electron chi connectivity index (χ3n) is 5.51. The summed E-state index contributed by atoms with van der Waals surface area (Å²) in [5.74, 6) is 2.13. The Balaban J connectivity index is 1.34. The lowest BCUT2D eigenvalue weighted by Crippen LogP contribution is -2.07. The Kier molecular flexibility index (Phi) is 4.47. The molecule has 0 saturated heterocycles. The van der Waals surface area contributed by atoms with E-state index in [4.69, 9.17) is 5.26 Å². The molecular formula is C21H24N7. The van der Waals surface area contributed by atoms with Crippen LogP contribution in [0.5, 0.6) is 0 Å². The van der Waals surface area contributed by atoms with Gasteiger partial charge in [0, 0.05) is 31.1 Å². The summed E-state index contributed by atoms with van der Waals surface area (Å²) in [5.41, 5.74) is 3.55. The summed E-state index contributed by atoms with van der Waals surface area (Å²) in [4.78, 5) is 0. The second kappa shape index (κ2) is 7.27. The molecular weight excluding hydrogens is 350 g/mol. The van der Waals surface area contributed by atoms with Crippen LogP contribution in [-0.2, 0) is 25.9 Å². The number of aromatic nitrogens is 6. The van der Waals surface area contributed by atoms with Crippen molar-refractivity contribution in [2.24, 2.45) is 5.92 Å². The third kappa shape index (κ3) is 4.01. The zero-order valence-electron chi connectivity index (χ0n) is 15.9.